The van der Waals surface area contributed by atoms with Crippen LogP contribution in [-0.4, -0.2) is 29.9 Å². The van der Waals surface area contributed by atoms with Gasteiger partial charge in [-0.05, 0) is 25.0 Å². The smallest absolute Gasteiger partial charge is 0.239 e. The highest BCUT2D eigenvalue weighted by molar-refractivity contribution is 5.83. The van der Waals surface area contributed by atoms with Crippen LogP contribution in [0.15, 0.2) is 30.5 Å². The summed E-state index contributed by atoms with van der Waals surface area (Å²) in [7, 11) is 0. The van der Waals surface area contributed by atoms with Crippen molar-refractivity contribution in [2.45, 2.75) is 19.4 Å². The summed E-state index contributed by atoms with van der Waals surface area (Å²) in [5, 5.41) is 6.36. The zero-order valence-corrected chi connectivity index (χ0v) is 10.8. The number of carbonyl (C=O) groups excluding carboxylic acids is 2. The van der Waals surface area contributed by atoms with Gasteiger partial charge in [-0.25, -0.2) is 0 Å². The van der Waals surface area contributed by atoms with Crippen molar-refractivity contribution in [1.29, 1.82) is 0 Å². The summed E-state index contributed by atoms with van der Waals surface area (Å²) in [6, 6.07) is 8.08. The number of aromatic nitrogens is 1. The molecular weight excluding hydrogens is 242 g/mol. The van der Waals surface area contributed by atoms with Crippen LogP contribution in [0.3, 0.4) is 0 Å². The van der Waals surface area contributed by atoms with E-state index in [4.69, 9.17) is 0 Å². The van der Waals surface area contributed by atoms with E-state index in [-0.39, 0.29) is 18.5 Å². The van der Waals surface area contributed by atoms with Crippen molar-refractivity contribution in [2.75, 3.05) is 6.54 Å². The summed E-state index contributed by atoms with van der Waals surface area (Å²) in [5.74, 6) is -0.181. The first-order valence-electron chi connectivity index (χ1n) is 6.22. The number of hydrogen-bond acceptors (Lipinski definition) is 2. The number of benzene rings is 1. The number of fused-ring (bicyclic) bond motifs is 1. The minimum atomic E-state index is -0.181. The molecule has 5 heteroatoms. The van der Waals surface area contributed by atoms with Crippen LogP contribution in [0.2, 0.25) is 0 Å². The van der Waals surface area contributed by atoms with E-state index in [1.807, 2.05) is 31.3 Å². The van der Waals surface area contributed by atoms with Crippen LogP contribution in [-0.2, 0) is 16.0 Å². The van der Waals surface area contributed by atoms with Gasteiger partial charge in [0, 0.05) is 23.1 Å². The number of carbonyl (C=O) groups is 2. The lowest BCUT2D eigenvalue weighted by molar-refractivity contribution is -0.122. The Kier molecular flexibility index (Phi) is 4.18. The monoisotopic (exact) mass is 259 g/mol. The van der Waals surface area contributed by atoms with Crippen molar-refractivity contribution >= 4 is 23.2 Å². The van der Waals surface area contributed by atoms with Crippen LogP contribution < -0.4 is 10.6 Å². The Hall–Kier alpha value is -2.30. The van der Waals surface area contributed by atoms with E-state index in [1.165, 1.54) is 10.9 Å². The molecule has 0 spiro atoms. The highest BCUT2D eigenvalue weighted by Crippen LogP contribution is 2.18. The third-order valence-electron chi connectivity index (χ3n) is 2.95. The molecule has 0 aliphatic carbocycles. The van der Waals surface area contributed by atoms with E-state index >= 15 is 0 Å². The highest BCUT2D eigenvalue weighted by atomic mass is 16.2. The minimum Gasteiger partial charge on any atom is -0.361 e. The minimum absolute atomic E-state index is 0.0140. The Bertz CT molecular complexity index is 577. The van der Waals surface area contributed by atoms with Crippen LogP contribution in [0.5, 0.6) is 0 Å². The number of H-pyrrole nitrogens is 1. The molecule has 5 nitrogen and oxygen atoms in total. The van der Waals surface area contributed by atoms with E-state index in [0.29, 0.717) is 6.41 Å². The number of nitrogens with one attached hydrogen (secondary N) is 3. The van der Waals surface area contributed by atoms with E-state index in [2.05, 4.69) is 21.7 Å². The first-order chi connectivity index (χ1) is 9.20. The Morgan fingerprint density at radius 1 is 1.42 bits per heavy atom. The maximum absolute atomic E-state index is 11.5. The van der Waals surface area contributed by atoms with Gasteiger partial charge in [0.1, 0.15) is 0 Å². The van der Waals surface area contributed by atoms with Crippen molar-refractivity contribution in [3.63, 3.8) is 0 Å². The zero-order chi connectivity index (χ0) is 13.7. The fraction of sp³-hybridized carbons (Fsp3) is 0.286. The van der Waals surface area contributed by atoms with Crippen molar-refractivity contribution in [2.24, 2.45) is 0 Å². The molecule has 3 N–H and O–H groups in total. The van der Waals surface area contributed by atoms with Crippen LogP contribution in [0.1, 0.15) is 12.5 Å². The second kappa shape index (κ2) is 6.04. The average Bonchev–Trinajstić information content (AvgIpc) is 2.80. The number of rotatable bonds is 6. The van der Waals surface area contributed by atoms with Gasteiger partial charge >= 0.3 is 0 Å². The molecular formula is C14H17N3O2. The summed E-state index contributed by atoms with van der Waals surface area (Å²) in [4.78, 5) is 24.8. The molecule has 100 valence electrons. The quantitative estimate of drug-likeness (QED) is 0.676. The molecule has 2 aromatic rings. The summed E-state index contributed by atoms with van der Waals surface area (Å²) < 4.78 is 0. The lowest BCUT2D eigenvalue weighted by Gasteiger charge is -2.13. The molecule has 1 heterocycles. The second-order valence-corrected chi connectivity index (χ2v) is 4.53. The largest absolute Gasteiger partial charge is 0.361 e. The number of hydrogen-bond donors (Lipinski definition) is 3. The molecule has 0 saturated heterocycles. The van der Waals surface area contributed by atoms with Crippen LogP contribution in [0, 0.1) is 0 Å². The predicted octanol–water partition coefficient (Wildman–Crippen LogP) is 0.961. The molecule has 2 amide bonds. The highest BCUT2D eigenvalue weighted by Gasteiger charge is 2.10. The lowest BCUT2D eigenvalue weighted by atomic mass is 10.1. The van der Waals surface area contributed by atoms with Crippen molar-refractivity contribution in [3.05, 3.63) is 36.0 Å². The van der Waals surface area contributed by atoms with Gasteiger partial charge in [0.05, 0.1) is 6.54 Å². The fourth-order valence-corrected chi connectivity index (χ4v) is 2.14. The van der Waals surface area contributed by atoms with Gasteiger partial charge in [0.25, 0.3) is 0 Å². The Morgan fingerprint density at radius 3 is 3.00 bits per heavy atom. The molecule has 0 radical (unpaired) electrons. The van der Waals surface area contributed by atoms with Gasteiger partial charge < -0.3 is 15.6 Å². The first-order valence-corrected chi connectivity index (χ1v) is 6.22. The molecule has 0 saturated carbocycles. The van der Waals surface area contributed by atoms with E-state index < -0.39 is 0 Å². The summed E-state index contributed by atoms with van der Waals surface area (Å²) in [6.45, 7) is 1.96. The molecule has 19 heavy (non-hydrogen) atoms. The number of para-hydroxylation sites is 1. The van der Waals surface area contributed by atoms with Crippen molar-refractivity contribution < 1.29 is 9.59 Å². The summed E-state index contributed by atoms with van der Waals surface area (Å²) in [6.07, 6.45) is 3.23. The maximum Gasteiger partial charge on any atom is 0.239 e. The fourth-order valence-electron chi connectivity index (χ4n) is 2.14. The predicted molar refractivity (Wildman–Crippen MR) is 73.7 cm³/mol. The van der Waals surface area contributed by atoms with Crippen LogP contribution in [0.25, 0.3) is 10.9 Å². The second-order valence-electron chi connectivity index (χ2n) is 4.53. The van der Waals surface area contributed by atoms with E-state index in [9.17, 15) is 9.59 Å². The molecule has 1 aromatic carbocycles. The van der Waals surface area contributed by atoms with Gasteiger partial charge in [-0.2, -0.15) is 0 Å². The zero-order valence-electron chi connectivity index (χ0n) is 10.8. The van der Waals surface area contributed by atoms with Gasteiger partial charge in [0.2, 0.25) is 12.3 Å². The number of amides is 2. The molecule has 1 unspecified atom stereocenters. The lowest BCUT2D eigenvalue weighted by Crippen LogP contribution is -2.39. The molecule has 1 aromatic heterocycles. The maximum atomic E-state index is 11.5. The van der Waals surface area contributed by atoms with Gasteiger partial charge in [-0.3, -0.25) is 9.59 Å². The average molecular weight is 259 g/mol. The normalized spacial score (nSPS) is 12.1. The van der Waals surface area contributed by atoms with Gasteiger partial charge in [-0.1, -0.05) is 18.2 Å². The summed E-state index contributed by atoms with van der Waals surface area (Å²) in [5.41, 5.74) is 2.27. The molecule has 0 aliphatic rings. The topological polar surface area (TPSA) is 74.0 Å². The van der Waals surface area contributed by atoms with Crippen LogP contribution in [0.4, 0.5) is 0 Å². The molecule has 2 rings (SSSR count). The van der Waals surface area contributed by atoms with Gasteiger partial charge in [0.15, 0.2) is 0 Å². The van der Waals surface area contributed by atoms with Crippen molar-refractivity contribution in [3.8, 4) is 0 Å². The number of aromatic amines is 1. The molecule has 1 atom stereocenters. The SMILES string of the molecule is CC(Cc1c[nH]c2ccccc12)NC(=O)CNC=O. The van der Waals surface area contributed by atoms with E-state index in [0.717, 1.165) is 11.9 Å². The van der Waals surface area contributed by atoms with Crippen molar-refractivity contribution in [1.82, 2.24) is 15.6 Å². The molecule has 0 bridgehead atoms. The standard InChI is InChI=1S/C14H17N3O2/c1-10(17-14(19)8-15-9-18)6-11-7-16-13-5-3-2-4-12(11)13/h2-5,7,9-10,16H,6,8H2,1H3,(H,15,18)(H,17,19). The molecule has 0 aliphatic heterocycles. The van der Waals surface area contributed by atoms with E-state index in [1.54, 1.807) is 0 Å². The third-order valence-corrected chi connectivity index (χ3v) is 2.95. The van der Waals surface area contributed by atoms with Crippen LogP contribution >= 0.6 is 0 Å². The Balaban J connectivity index is 1.97. The molecule has 0 fully saturated rings. The summed E-state index contributed by atoms with van der Waals surface area (Å²) >= 11 is 0. The Morgan fingerprint density at radius 2 is 2.21 bits per heavy atom. The first kappa shape index (κ1) is 13.1. The Labute approximate surface area is 111 Å². The van der Waals surface area contributed by atoms with Gasteiger partial charge in [-0.15, -0.1) is 0 Å². The third kappa shape index (κ3) is 3.34.